The minimum atomic E-state index is -1.20. The Morgan fingerprint density at radius 1 is 0.818 bits per heavy atom. The second-order valence-electron chi connectivity index (χ2n) is 7.59. The van der Waals surface area contributed by atoms with E-state index in [1.807, 2.05) is 6.07 Å². The topological polar surface area (TPSA) is 85.9 Å². The molecule has 172 valence electrons. The van der Waals surface area contributed by atoms with E-state index < -0.39 is 11.5 Å². The molecule has 3 aromatic rings. The van der Waals surface area contributed by atoms with Crippen LogP contribution in [-0.4, -0.2) is 31.6 Å². The van der Waals surface area contributed by atoms with Gasteiger partial charge in [0.05, 0.1) is 25.6 Å². The van der Waals surface area contributed by atoms with Gasteiger partial charge in [0, 0.05) is 22.7 Å². The Balaban J connectivity index is 1.81. The summed E-state index contributed by atoms with van der Waals surface area (Å²) in [7, 11) is 2.94. The fourth-order valence-electron chi connectivity index (χ4n) is 2.99. The van der Waals surface area contributed by atoms with Crippen molar-refractivity contribution in [2.45, 2.75) is 19.4 Å². The molecule has 0 fully saturated rings. The number of carbonyl (C=O) groups is 2. The Hall–Kier alpha value is -3.71. The highest BCUT2D eigenvalue weighted by Crippen LogP contribution is 2.37. The monoisotopic (exact) mass is 468 g/mol. The van der Waals surface area contributed by atoms with Gasteiger partial charge in [-0.25, -0.2) is 0 Å². The van der Waals surface area contributed by atoms with Crippen LogP contribution >= 0.6 is 11.6 Å². The van der Waals surface area contributed by atoms with E-state index in [4.69, 9.17) is 25.8 Å². The molecule has 3 rings (SSSR count). The highest BCUT2D eigenvalue weighted by Gasteiger charge is 2.31. The number of halogens is 1. The number of amides is 2. The van der Waals surface area contributed by atoms with Gasteiger partial charge in [0.25, 0.3) is 11.8 Å². The highest BCUT2D eigenvalue weighted by molar-refractivity contribution is 6.30. The van der Waals surface area contributed by atoms with Crippen molar-refractivity contribution >= 4 is 34.8 Å². The first kappa shape index (κ1) is 23.9. The number of ether oxygens (including phenoxy) is 3. The van der Waals surface area contributed by atoms with Gasteiger partial charge >= 0.3 is 0 Å². The van der Waals surface area contributed by atoms with Gasteiger partial charge in [0.2, 0.25) is 0 Å². The molecule has 0 aromatic heterocycles. The summed E-state index contributed by atoms with van der Waals surface area (Å²) in [5.74, 6) is 0.494. The van der Waals surface area contributed by atoms with Gasteiger partial charge < -0.3 is 24.8 Å². The van der Waals surface area contributed by atoms with E-state index in [9.17, 15) is 9.59 Å². The molecule has 3 aromatic carbocycles. The number of hydrogen-bond donors (Lipinski definition) is 2. The number of carbonyl (C=O) groups excluding carboxylic acids is 2. The molecule has 0 aliphatic rings. The van der Waals surface area contributed by atoms with Crippen LogP contribution in [0.1, 0.15) is 24.2 Å². The summed E-state index contributed by atoms with van der Waals surface area (Å²) in [6.07, 6.45) is 0. The molecule has 0 heterocycles. The van der Waals surface area contributed by atoms with Crippen LogP contribution in [0.4, 0.5) is 11.4 Å². The van der Waals surface area contributed by atoms with E-state index in [0.717, 1.165) is 0 Å². The van der Waals surface area contributed by atoms with Gasteiger partial charge in [-0.2, -0.15) is 0 Å². The average molecular weight is 469 g/mol. The Labute approximate surface area is 197 Å². The van der Waals surface area contributed by atoms with E-state index in [-0.39, 0.29) is 5.91 Å². The number of nitrogens with one attached hydrogen (secondary N) is 2. The lowest BCUT2D eigenvalue weighted by Gasteiger charge is -2.26. The maximum atomic E-state index is 13.0. The lowest BCUT2D eigenvalue weighted by Crippen LogP contribution is -2.42. The van der Waals surface area contributed by atoms with Gasteiger partial charge in [0.1, 0.15) is 17.2 Å². The number of methoxy groups -OCH3 is 2. The van der Waals surface area contributed by atoms with Crippen LogP contribution in [0.5, 0.6) is 17.2 Å². The molecule has 0 bridgehead atoms. The lowest BCUT2D eigenvalue weighted by atomic mass is 10.1. The van der Waals surface area contributed by atoms with Crippen LogP contribution in [0.15, 0.2) is 66.7 Å². The summed E-state index contributed by atoms with van der Waals surface area (Å²) in [6.45, 7) is 3.30. The summed E-state index contributed by atoms with van der Waals surface area (Å²) in [4.78, 5) is 25.6. The summed E-state index contributed by atoms with van der Waals surface area (Å²) in [6, 6.07) is 18.7. The van der Waals surface area contributed by atoms with Gasteiger partial charge in [0.15, 0.2) is 5.60 Å². The number of anilines is 2. The molecule has 2 amide bonds. The second kappa shape index (κ2) is 10.3. The first-order valence-electron chi connectivity index (χ1n) is 10.1. The van der Waals surface area contributed by atoms with Crippen molar-refractivity contribution in [1.82, 2.24) is 0 Å². The van der Waals surface area contributed by atoms with Crippen molar-refractivity contribution in [3.8, 4) is 17.2 Å². The first-order valence-corrected chi connectivity index (χ1v) is 10.5. The minimum absolute atomic E-state index is 0.301. The smallest absolute Gasteiger partial charge is 0.268 e. The predicted molar refractivity (Wildman–Crippen MR) is 129 cm³/mol. The lowest BCUT2D eigenvalue weighted by molar-refractivity contribution is -0.128. The van der Waals surface area contributed by atoms with Gasteiger partial charge in [-0.1, -0.05) is 29.8 Å². The fraction of sp³-hybridized carbons (Fsp3) is 0.200. The van der Waals surface area contributed by atoms with Crippen LogP contribution in [0, 0.1) is 0 Å². The normalized spacial score (nSPS) is 10.8. The molecule has 0 saturated carbocycles. The number of hydrogen-bond acceptors (Lipinski definition) is 5. The maximum absolute atomic E-state index is 13.0. The van der Waals surface area contributed by atoms with Gasteiger partial charge in [-0.3, -0.25) is 9.59 Å². The Bertz CT molecular complexity index is 1130. The minimum Gasteiger partial charge on any atom is -0.494 e. The summed E-state index contributed by atoms with van der Waals surface area (Å²) in [5, 5.41) is 6.19. The third-order valence-electron chi connectivity index (χ3n) is 4.79. The molecular formula is C25H25ClN2O5. The molecule has 0 saturated heterocycles. The SMILES string of the molecule is COc1cc(NC(=O)C(C)(C)Oc2ccc(Cl)cc2)c(OC)cc1NC(=O)c1ccccc1. The summed E-state index contributed by atoms with van der Waals surface area (Å²) >= 11 is 5.91. The Morgan fingerprint density at radius 3 is 1.91 bits per heavy atom. The predicted octanol–water partition coefficient (Wildman–Crippen LogP) is 5.41. The zero-order valence-electron chi connectivity index (χ0n) is 18.8. The molecule has 0 unspecified atom stereocenters. The van der Waals surface area contributed by atoms with E-state index in [0.29, 0.717) is 39.2 Å². The second-order valence-corrected chi connectivity index (χ2v) is 8.03. The molecule has 2 N–H and O–H groups in total. The molecule has 0 radical (unpaired) electrons. The molecule has 0 aliphatic carbocycles. The molecule has 33 heavy (non-hydrogen) atoms. The van der Waals surface area contributed by atoms with Crippen molar-refractivity contribution in [3.05, 3.63) is 77.3 Å². The molecule has 0 aliphatic heterocycles. The van der Waals surface area contributed by atoms with E-state index in [1.165, 1.54) is 14.2 Å². The number of rotatable bonds is 8. The van der Waals surface area contributed by atoms with Crippen LogP contribution in [0.2, 0.25) is 5.02 Å². The Morgan fingerprint density at radius 2 is 1.36 bits per heavy atom. The first-order chi connectivity index (χ1) is 15.7. The summed E-state index contributed by atoms with van der Waals surface area (Å²) in [5.41, 5.74) is 0.0615. The highest BCUT2D eigenvalue weighted by atomic mass is 35.5. The molecule has 8 heteroatoms. The molecular weight excluding hydrogens is 444 g/mol. The van der Waals surface area contributed by atoms with Crippen LogP contribution in [0.25, 0.3) is 0 Å². The zero-order chi connectivity index (χ0) is 24.0. The van der Waals surface area contributed by atoms with Crippen molar-refractivity contribution in [3.63, 3.8) is 0 Å². The Kier molecular flexibility index (Phi) is 7.45. The standard InChI is InChI=1S/C25H25ClN2O5/c1-25(2,33-18-12-10-17(26)11-13-18)24(30)28-20-15-21(31-3)19(14-22(20)32-4)27-23(29)16-8-6-5-7-9-16/h5-15H,1-4H3,(H,27,29)(H,28,30). The summed E-state index contributed by atoms with van der Waals surface area (Å²) < 4.78 is 16.7. The largest absolute Gasteiger partial charge is 0.494 e. The van der Waals surface area contributed by atoms with E-state index in [2.05, 4.69) is 10.6 Å². The van der Waals surface area contributed by atoms with Crippen LogP contribution < -0.4 is 24.8 Å². The van der Waals surface area contributed by atoms with Gasteiger partial charge in [-0.05, 0) is 50.2 Å². The molecule has 0 atom stereocenters. The van der Waals surface area contributed by atoms with Crippen molar-refractivity contribution in [2.75, 3.05) is 24.9 Å². The third-order valence-corrected chi connectivity index (χ3v) is 5.04. The maximum Gasteiger partial charge on any atom is 0.268 e. The zero-order valence-corrected chi connectivity index (χ0v) is 19.5. The van der Waals surface area contributed by atoms with Gasteiger partial charge in [-0.15, -0.1) is 0 Å². The molecule has 0 spiro atoms. The fourth-order valence-corrected chi connectivity index (χ4v) is 3.12. The van der Waals surface area contributed by atoms with Crippen molar-refractivity contribution < 1.29 is 23.8 Å². The van der Waals surface area contributed by atoms with Crippen molar-refractivity contribution in [1.29, 1.82) is 0 Å². The van der Waals surface area contributed by atoms with E-state index >= 15 is 0 Å². The van der Waals surface area contributed by atoms with Crippen molar-refractivity contribution in [2.24, 2.45) is 0 Å². The van der Waals surface area contributed by atoms with E-state index in [1.54, 1.807) is 74.5 Å². The molecule has 7 nitrogen and oxygen atoms in total. The quantitative estimate of drug-likeness (QED) is 0.462. The number of benzene rings is 3. The average Bonchev–Trinajstić information content (AvgIpc) is 2.81. The van der Waals surface area contributed by atoms with Crippen LogP contribution in [0.3, 0.4) is 0 Å². The van der Waals surface area contributed by atoms with Crippen LogP contribution in [-0.2, 0) is 4.79 Å². The third kappa shape index (κ3) is 5.96.